The van der Waals surface area contributed by atoms with Gasteiger partial charge in [-0.2, -0.15) is 0 Å². The summed E-state index contributed by atoms with van der Waals surface area (Å²) in [5, 5.41) is 9.60. The van der Waals surface area contributed by atoms with Gasteiger partial charge in [0.1, 0.15) is 10.8 Å². The number of para-hydroxylation sites is 1. The molecule has 0 N–H and O–H groups in total. The third-order valence-corrected chi connectivity index (χ3v) is 7.42. The van der Waals surface area contributed by atoms with Crippen LogP contribution in [-0.4, -0.2) is 45.4 Å². The molecule has 4 aromatic rings. The average molecular weight is 467 g/mol. The lowest BCUT2D eigenvalue weighted by Gasteiger charge is -2.34. The van der Waals surface area contributed by atoms with Crippen molar-refractivity contribution in [1.29, 1.82) is 0 Å². The number of carbonyl (C=O) groups excluding carboxylic acids is 1. The number of carbonyl (C=O) groups is 1. The normalized spacial score (nSPS) is 16.4. The quantitative estimate of drug-likeness (QED) is 0.361. The first-order valence-corrected chi connectivity index (χ1v) is 12.3. The van der Waals surface area contributed by atoms with Crippen LogP contribution in [-0.2, 0) is 4.79 Å². The Morgan fingerprint density at radius 2 is 2.03 bits per heavy atom. The lowest BCUT2D eigenvalue weighted by molar-refractivity contribution is -0.132. The summed E-state index contributed by atoms with van der Waals surface area (Å²) in [7, 11) is 1.62. The van der Waals surface area contributed by atoms with Crippen LogP contribution in [0.15, 0.2) is 58.2 Å². The molecule has 1 aliphatic heterocycles. The number of thioether (sulfide) groups is 1. The zero-order valence-electron chi connectivity index (χ0n) is 17.6. The first-order chi connectivity index (χ1) is 15.7. The number of amides is 1. The molecule has 3 heterocycles. The van der Waals surface area contributed by atoms with Crippen molar-refractivity contribution in [3.05, 3.63) is 53.5 Å². The highest BCUT2D eigenvalue weighted by atomic mass is 32.2. The van der Waals surface area contributed by atoms with E-state index < -0.39 is 0 Å². The SMILES string of the molecule is COc1ccc(-c2nnc(SCC(=O)N3CCCCC3c3nc4ccccc4s3)o2)cc1. The maximum atomic E-state index is 13.1. The second-order valence-electron chi connectivity index (χ2n) is 7.51. The molecule has 1 atom stereocenters. The predicted octanol–water partition coefficient (Wildman–Crippen LogP) is 5.20. The molecule has 1 aliphatic rings. The van der Waals surface area contributed by atoms with E-state index >= 15 is 0 Å². The van der Waals surface area contributed by atoms with Crippen LogP contribution in [0.4, 0.5) is 0 Å². The minimum Gasteiger partial charge on any atom is -0.497 e. The molecule has 0 spiro atoms. The smallest absolute Gasteiger partial charge is 0.277 e. The molecular formula is C23H22N4O3S2. The van der Waals surface area contributed by atoms with Crippen LogP contribution in [0.3, 0.4) is 0 Å². The summed E-state index contributed by atoms with van der Waals surface area (Å²) < 4.78 is 12.1. The van der Waals surface area contributed by atoms with Crippen molar-refractivity contribution in [3.63, 3.8) is 0 Å². The Labute approximate surface area is 193 Å². The number of hydrogen-bond acceptors (Lipinski definition) is 8. The molecule has 0 bridgehead atoms. The van der Waals surface area contributed by atoms with E-state index in [4.69, 9.17) is 14.1 Å². The second-order valence-corrected chi connectivity index (χ2v) is 9.50. The Balaban J connectivity index is 1.26. The lowest BCUT2D eigenvalue weighted by Crippen LogP contribution is -2.39. The van der Waals surface area contributed by atoms with Crippen molar-refractivity contribution in [2.75, 3.05) is 19.4 Å². The van der Waals surface area contributed by atoms with E-state index in [1.807, 2.05) is 47.4 Å². The van der Waals surface area contributed by atoms with Crippen molar-refractivity contribution < 1.29 is 13.9 Å². The number of aromatic nitrogens is 3. The summed E-state index contributed by atoms with van der Waals surface area (Å²) in [5.41, 5.74) is 1.81. The van der Waals surface area contributed by atoms with Crippen LogP contribution in [0.5, 0.6) is 5.75 Å². The van der Waals surface area contributed by atoms with E-state index in [1.54, 1.807) is 18.4 Å². The average Bonchev–Trinajstić information content (AvgIpc) is 3.50. The predicted molar refractivity (Wildman–Crippen MR) is 125 cm³/mol. The highest BCUT2D eigenvalue weighted by Gasteiger charge is 2.30. The zero-order valence-corrected chi connectivity index (χ0v) is 19.2. The molecule has 1 saturated heterocycles. The number of hydrogen-bond donors (Lipinski definition) is 0. The molecule has 7 nitrogen and oxygen atoms in total. The van der Waals surface area contributed by atoms with Crippen LogP contribution in [0, 0.1) is 0 Å². The number of fused-ring (bicyclic) bond motifs is 1. The largest absolute Gasteiger partial charge is 0.497 e. The second kappa shape index (κ2) is 9.30. The molecule has 164 valence electrons. The topological polar surface area (TPSA) is 81.4 Å². The fourth-order valence-electron chi connectivity index (χ4n) is 3.84. The van der Waals surface area contributed by atoms with Gasteiger partial charge in [-0.15, -0.1) is 21.5 Å². The minimum absolute atomic E-state index is 0.0341. The number of ether oxygens (including phenoxy) is 1. The van der Waals surface area contributed by atoms with Crippen LogP contribution in [0.1, 0.15) is 30.3 Å². The summed E-state index contributed by atoms with van der Waals surface area (Å²) in [6.07, 6.45) is 3.06. The standard InChI is InChI=1S/C23H22N4O3S2/c1-29-16-11-9-15(10-12-16)21-25-26-23(30-21)31-14-20(28)27-13-5-4-7-18(27)22-24-17-6-2-3-8-19(17)32-22/h2-3,6,8-12,18H,4-5,7,13-14H2,1H3. The minimum atomic E-state index is 0.0341. The Hall–Kier alpha value is -2.91. The molecule has 1 amide bonds. The first kappa shape index (κ1) is 21.0. The fraction of sp³-hybridized carbons (Fsp3) is 0.304. The Morgan fingerprint density at radius 1 is 1.19 bits per heavy atom. The maximum absolute atomic E-state index is 13.1. The summed E-state index contributed by atoms with van der Waals surface area (Å²) in [6.45, 7) is 0.751. The van der Waals surface area contributed by atoms with E-state index in [0.717, 1.165) is 52.3 Å². The van der Waals surface area contributed by atoms with Crippen LogP contribution >= 0.6 is 23.1 Å². The molecule has 1 fully saturated rings. The van der Waals surface area contributed by atoms with Crippen molar-refractivity contribution in [3.8, 4) is 17.2 Å². The van der Waals surface area contributed by atoms with Crippen molar-refractivity contribution >= 4 is 39.2 Å². The molecule has 2 aromatic heterocycles. The van der Waals surface area contributed by atoms with Gasteiger partial charge in [-0.25, -0.2) is 4.98 Å². The molecule has 5 rings (SSSR count). The number of likely N-dealkylation sites (tertiary alicyclic amines) is 1. The van der Waals surface area contributed by atoms with E-state index in [0.29, 0.717) is 11.1 Å². The lowest BCUT2D eigenvalue weighted by atomic mass is 10.0. The first-order valence-electron chi connectivity index (χ1n) is 10.5. The number of rotatable bonds is 6. The molecule has 0 radical (unpaired) electrons. The highest BCUT2D eigenvalue weighted by Crippen LogP contribution is 2.36. The van der Waals surface area contributed by atoms with Gasteiger partial charge in [0.05, 0.1) is 29.1 Å². The molecule has 9 heteroatoms. The zero-order chi connectivity index (χ0) is 21.9. The van der Waals surface area contributed by atoms with Crippen molar-refractivity contribution in [2.45, 2.75) is 30.5 Å². The maximum Gasteiger partial charge on any atom is 0.277 e. The summed E-state index contributed by atoms with van der Waals surface area (Å²) in [6, 6.07) is 15.6. The van der Waals surface area contributed by atoms with Gasteiger partial charge in [-0.3, -0.25) is 4.79 Å². The van der Waals surface area contributed by atoms with Crippen LogP contribution < -0.4 is 4.74 Å². The molecule has 0 aliphatic carbocycles. The molecule has 0 saturated carbocycles. The van der Waals surface area contributed by atoms with E-state index in [9.17, 15) is 4.79 Å². The third kappa shape index (κ3) is 4.35. The van der Waals surface area contributed by atoms with E-state index in [2.05, 4.69) is 16.3 Å². The van der Waals surface area contributed by atoms with Gasteiger partial charge in [0.2, 0.25) is 11.8 Å². The number of nitrogens with zero attached hydrogens (tertiary/aromatic N) is 4. The highest BCUT2D eigenvalue weighted by molar-refractivity contribution is 7.99. The summed E-state index contributed by atoms with van der Waals surface area (Å²) in [5.74, 6) is 1.51. The Kier molecular flexibility index (Phi) is 6.09. The summed E-state index contributed by atoms with van der Waals surface area (Å²) >= 11 is 2.96. The van der Waals surface area contributed by atoms with Gasteiger partial charge in [-0.05, 0) is 55.7 Å². The van der Waals surface area contributed by atoms with Crippen LogP contribution in [0.2, 0.25) is 0 Å². The monoisotopic (exact) mass is 466 g/mol. The van der Waals surface area contributed by atoms with Gasteiger partial charge in [-0.1, -0.05) is 23.9 Å². The number of thiazole rings is 1. The van der Waals surface area contributed by atoms with Gasteiger partial charge in [0.25, 0.3) is 5.22 Å². The van der Waals surface area contributed by atoms with Gasteiger partial charge in [0, 0.05) is 12.1 Å². The Morgan fingerprint density at radius 3 is 2.84 bits per heavy atom. The third-order valence-electron chi connectivity index (χ3n) is 5.48. The van der Waals surface area contributed by atoms with E-state index in [-0.39, 0.29) is 17.7 Å². The number of piperidine rings is 1. The van der Waals surface area contributed by atoms with Crippen molar-refractivity contribution in [2.24, 2.45) is 0 Å². The van der Waals surface area contributed by atoms with Crippen molar-refractivity contribution in [1.82, 2.24) is 20.1 Å². The van der Waals surface area contributed by atoms with Gasteiger partial charge >= 0.3 is 0 Å². The molecule has 32 heavy (non-hydrogen) atoms. The summed E-state index contributed by atoms with van der Waals surface area (Å²) in [4.78, 5) is 19.9. The van der Waals surface area contributed by atoms with Crippen LogP contribution in [0.25, 0.3) is 21.7 Å². The molecule has 2 aromatic carbocycles. The number of benzene rings is 2. The molecular weight excluding hydrogens is 444 g/mol. The van der Waals surface area contributed by atoms with Gasteiger partial charge < -0.3 is 14.1 Å². The fourth-order valence-corrected chi connectivity index (χ4v) is 5.61. The van der Waals surface area contributed by atoms with E-state index in [1.165, 1.54) is 11.8 Å². The van der Waals surface area contributed by atoms with Gasteiger partial charge in [0.15, 0.2) is 0 Å². The number of methoxy groups -OCH3 is 1. The Bertz CT molecular complexity index is 1190. The molecule has 1 unspecified atom stereocenters.